The van der Waals surface area contributed by atoms with Crippen molar-refractivity contribution in [3.05, 3.63) is 29.5 Å². The van der Waals surface area contributed by atoms with Crippen LogP contribution >= 0.6 is 0 Å². The Morgan fingerprint density at radius 1 is 1.47 bits per heavy atom. The number of H-pyrrole nitrogens is 1. The van der Waals surface area contributed by atoms with Crippen molar-refractivity contribution in [2.75, 3.05) is 6.54 Å². The summed E-state index contributed by atoms with van der Waals surface area (Å²) < 4.78 is 0. The molecule has 90 valence electrons. The van der Waals surface area contributed by atoms with Crippen molar-refractivity contribution < 1.29 is 5.11 Å². The fraction of sp³-hybridized carbons (Fsp3) is 0.429. The monoisotopic (exact) mass is 230 g/mol. The Balaban J connectivity index is 2.04. The fourth-order valence-electron chi connectivity index (χ4n) is 2.87. The van der Waals surface area contributed by atoms with Gasteiger partial charge in [0.25, 0.3) is 0 Å². The number of aryl methyl sites for hydroxylation is 1. The molecule has 1 aromatic carbocycles. The molecule has 1 aliphatic carbocycles. The number of phenols is 1. The van der Waals surface area contributed by atoms with Crippen molar-refractivity contribution in [1.29, 1.82) is 0 Å². The Bertz CT molecular complexity index is 544. The summed E-state index contributed by atoms with van der Waals surface area (Å²) in [6.07, 6.45) is 3.36. The lowest BCUT2D eigenvalue weighted by molar-refractivity contribution is 0.469. The van der Waals surface area contributed by atoms with Gasteiger partial charge in [0.15, 0.2) is 0 Å². The van der Waals surface area contributed by atoms with Gasteiger partial charge in [-0.05, 0) is 49.6 Å². The van der Waals surface area contributed by atoms with Crippen molar-refractivity contribution in [3.8, 4) is 5.75 Å². The molecule has 0 amide bonds. The standard InChI is InChI=1S/C14H18N2O/c1-2-15-9-3-5-13-11(7-9)12-8-10(17)4-6-14(12)16-13/h4,6,8-9,15-17H,2-3,5,7H2,1H3. The van der Waals surface area contributed by atoms with E-state index in [1.165, 1.54) is 23.1 Å². The minimum Gasteiger partial charge on any atom is -0.508 e. The summed E-state index contributed by atoms with van der Waals surface area (Å²) in [6, 6.07) is 6.16. The maximum absolute atomic E-state index is 9.59. The zero-order valence-corrected chi connectivity index (χ0v) is 10.1. The van der Waals surface area contributed by atoms with Crippen LogP contribution in [-0.2, 0) is 12.8 Å². The van der Waals surface area contributed by atoms with E-state index < -0.39 is 0 Å². The Hall–Kier alpha value is -1.48. The smallest absolute Gasteiger partial charge is 0.116 e. The minimum atomic E-state index is 0.352. The van der Waals surface area contributed by atoms with Crippen molar-refractivity contribution in [2.45, 2.75) is 32.2 Å². The summed E-state index contributed by atoms with van der Waals surface area (Å²) in [5.41, 5.74) is 3.87. The molecule has 0 spiro atoms. The molecule has 0 aliphatic heterocycles. The lowest BCUT2D eigenvalue weighted by atomic mass is 9.91. The Kier molecular flexibility index (Phi) is 2.56. The van der Waals surface area contributed by atoms with Crippen LogP contribution in [0.5, 0.6) is 5.75 Å². The van der Waals surface area contributed by atoms with Gasteiger partial charge in [-0.3, -0.25) is 0 Å². The largest absolute Gasteiger partial charge is 0.508 e. The van der Waals surface area contributed by atoms with E-state index in [0.29, 0.717) is 11.8 Å². The van der Waals surface area contributed by atoms with Gasteiger partial charge in [0, 0.05) is 22.6 Å². The average molecular weight is 230 g/mol. The summed E-state index contributed by atoms with van der Waals surface area (Å²) >= 11 is 0. The van der Waals surface area contributed by atoms with Crippen LogP contribution in [0.25, 0.3) is 10.9 Å². The van der Waals surface area contributed by atoms with E-state index >= 15 is 0 Å². The molecule has 0 radical (unpaired) electrons. The summed E-state index contributed by atoms with van der Waals surface area (Å²) in [5, 5.41) is 14.3. The highest BCUT2D eigenvalue weighted by Gasteiger charge is 2.21. The van der Waals surface area contributed by atoms with Gasteiger partial charge in [-0.25, -0.2) is 0 Å². The van der Waals surface area contributed by atoms with Gasteiger partial charge in [-0.2, -0.15) is 0 Å². The third-order valence-electron chi connectivity index (χ3n) is 3.66. The number of aromatic hydroxyl groups is 1. The Morgan fingerprint density at radius 2 is 2.35 bits per heavy atom. The van der Waals surface area contributed by atoms with Crippen LogP contribution in [0.4, 0.5) is 0 Å². The molecule has 0 saturated carbocycles. The Morgan fingerprint density at radius 3 is 3.18 bits per heavy atom. The van der Waals surface area contributed by atoms with Crippen LogP contribution in [0, 0.1) is 0 Å². The van der Waals surface area contributed by atoms with Crippen molar-refractivity contribution in [2.24, 2.45) is 0 Å². The van der Waals surface area contributed by atoms with E-state index in [1.807, 2.05) is 12.1 Å². The summed E-state index contributed by atoms with van der Waals surface area (Å²) in [7, 11) is 0. The summed E-state index contributed by atoms with van der Waals surface area (Å²) in [5.74, 6) is 0.352. The highest BCUT2D eigenvalue weighted by Crippen LogP contribution is 2.31. The van der Waals surface area contributed by atoms with Crippen LogP contribution in [0.1, 0.15) is 24.6 Å². The number of hydrogen-bond donors (Lipinski definition) is 3. The SMILES string of the molecule is CCNC1CCc2[nH]c3ccc(O)cc3c2C1. The molecule has 0 bridgehead atoms. The molecule has 1 aromatic heterocycles. The first-order valence-corrected chi connectivity index (χ1v) is 6.33. The van der Waals surface area contributed by atoms with Gasteiger partial charge in [0.1, 0.15) is 5.75 Å². The average Bonchev–Trinajstić information content (AvgIpc) is 2.67. The molecule has 17 heavy (non-hydrogen) atoms. The van der Waals surface area contributed by atoms with Crippen molar-refractivity contribution in [1.82, 2.24) is 10.3 Å². The van der Waals surface area contributed by atoms with Crippen LogP contribution in [-0.4, -0.2) is 22.7 Å². The second-order valence-corrected chi connectivity index (χ2v) is 4.81. The highest BCUT2D eigenvalue weighted by molar-refractivity contribution is 5.86. The highest BCUT2D eigenvalue weighted by atomic mass is 16.3. The topological polar surface area (TPSA) is 48.0 Å². The van der Waals surface area contributed by atoms with E-state index in [2.05, 4.69) is 17.2 Å². The van der Waals surface area contributed by atoms with Crippen molar-refractivity contribution >= 4 is 10.9 Å². The number of benzene rings is 1. The number of hydrogen-bond acceptors (Lipinski definition) is 2. The zero-order chi connectivity index (χ0) is 11.8. The number of phenolic OH excluding ortho intramolecular Hbond substituents is 1. The van der Waals surface area contributed by atoms with E-state index in [4.69, 9.17) is 0 Å². The quantitative estimate of drug-likeness (QED) is 0.741. The third-order valence-corrected chi connectivity index (χ3v) is 3.66. The van der Waals surface area contributed by atoms with E-state index in [-0.39, 0.29) is 0 Å². The first kappa shape index (κ1) is 10.7. The number of fused-ring (bicyclic) bond motifs is 3. The second kappa shape index (κ2) is 4.08. The molecule has 1 aliphatic rings. The number of aromatic amines is 1. The molecular formula is C14H18N2O. The first-order valence-electron chi connectivity index (χ1n) is 6.33. The molecule has 3 rings (SSSR count). The van der Waals surface area contributed by atoms with E-state index in [0.717, 1.165) is 24.9 Å². The number of aromatic nitrogens is 1. The first-order chi connectivity index (χ1) is 8.28. The Labute approximate surface area is 101 Å². The minimum absolute atomic E-state index is 0.352. The summed E-state index contributed by atoms with van der Waals surface area (Å²) in [6.45, 7) is 3.17. The molecule has 1 heterocycles. The van der Waals surface area contributed by atoms with Gasteiger partial charge in [-0.1, -0.05) is 6.92 Å². The molecule has 1 unspecified atom stereocenters. The lowest BCUT2D eigenvalue weighted by Crippen LogP contribution is -2.34. The van der Waals surface area contributed by atoms with Gasteiger partial charge in [-0.15, -0.1) is 0 Å². The third kappa shape index (κ3) is 1.80. The lowest BCUT2D eigenvalue weighted by Gasteiger charge is -2.23. The molecule has 2 aromatic rings. The van der Waals surface area contributed by atoms with E-state index in [9.17, 15) is 5.11 Å². The van der Waals surface area contributed by atoms with Gasteiger partial charge >= 0.3 is 0 Å². The van der Waals surface area contributed by atoms with Crippen LogP contribution < -0.4 is 5.32 Å². The van der Waals surface area contributed by atoms with Crippen molar-refractivity contribution in [3.63, 3.8) is 0 Å². The maximum atomic E-state index is 9.59. The number of nitrogens with one attached hydrogen (secondary N) is 2. The van der Waals surface area contributed by atoms with Gasteiger partial charge < -0.3 is 15.4 Å². The molecule has 0 fully saturated rings. The normalized spacial score (nSPS) is 19.5. The summed E-state index contributed by atoms with van der Waals surface area (Å²) in [4.78, 5) is 3.47. The predicted molar refractivity (Wildman–Crippen MR) is 69.5 cm³/mol. The number of likely N-dealkylation sites (N-methyl/N-ethyl adjacent to an activating group) is 1. The van der Waals surface area contributed by atoms with Gasteiger partial charge in [0.2, 0.25) is 0 Å². The van der Waals surface area contributed by atoms with E-state index in [1.54, 1.807) is 6.07 Å². The molecule has 1 atom stereocenters. The van der Waals surface area contributed by atoms with Crippen LogP contribution in [0.2, 0.25) is 0 Å². The van der Waals surface area contributed by atoms with Crippen LogP contribution in [0.3, 0.4) is 0 Å². The fourth-order valence-corrected chi connectivity index (χ4v) is 2.87. The molecular weight excluding hydrogens is 212 g/mol. The molecule has 3 nitrogen and oxygen atoms in total. The second-order valence-electron chi connectivity index (χ2n) is 4.81. The zero-order valence-electron chi connectivity index (χ0n) is 10.1. The molecule has 3 N–H and O–H groups in total. The van der Waals surface area contributed by atoms with Crippen LogP contribution in [0.15, 0.2) is 18.2 Å². The molecule has 0 saturated heterocycles. The van der Waals surface area contributed by atoms with Gasteiger partial charge in [0.05, 0.1) is 0 Å². The maximum Gasteiger partial charge on any atom is 0.116 e. The predicted octanol–water partition coefficient (Wildman–Crippen LogP) is 2.34. The number of rotatable bonds is 2. The molecule has 3 heteroatoms.